The lowest BCUT2D eigenvalue weighted by Gasteiger charge is -2.07. The normalized spacial score (nSPS) is 10.4. The molecule has 3 nitrogen and oxygen atoms in total. The minimum atomic E-state index is -0.224. The van der Waals surface area contributed by atoms with Gasteiger partial charge in [0.2, 0.25) is 0 Å². The van der Waals surface area contributed by atoms with E-state index in [1.165, 1.54) is 12.1 Å². The summed E-state index contributed by atoms with van der Waals surface area (Å²) < 4.78 is 23.0. The van der Waals surface area contributed by atoms with Gasteiger partial charge in [-0.05, 0) is 31.2 Å². The smallest absolute Gasteiger partial charge is 0.123 e. The molecule has 1 rings (SSSR count). The molecule has 0 saturated heterocycles. The summed E-state index contributed by atoms with van der Waals surface area (Å²) in [6, 6.07) is 6.27. The van der Waals surface area contributed by atoms with Crippen LogP contribution in [0.1, 0.15) is 6.92 Å². The largest absolute Gasteiger partial charge is 0.383 e. The van der Waals surface area contributed by atoms with Crippen molar-refractivity contribution in [1.29, 1.82) is 0 Å². The molecule has 4 heteroatoms. The first-order valence-corrected chi connectivity index (χ1v) is 5.48. The van der Waals surface area contributed by atoms with E-state index in [1.54, 1.807) is 12.1 Å². The van der Waals surface area contributed by atoms with Crippen LogP contribution in [-0.2, 0) is 9.47 Å². The average Bonchev–Trinajstić information content (AvgIpc) is 2.30. The van der Waals surface area contributed by atoms with Crippen molar-refractivity contribution in [2.45, 2.75) is 6.92 Å². The second-order valence-corrected chi connectivity index (χ2v) is 3.24. The van der Waals surface area contributed by atoms with Crippen LogP contribution in [0.5, 0.6) is 0 Å². The molecular formula is C12H18FNO2. The monoisotopic (exact) mass is 227 g/mol. The molecule has 90 valence electrons. The fourth-order valence-electron chi connectivity index (χ4n) is 1.20. The van der Waals surface area contributed by atoms with Crippen molar-refractivity contribution in [2.75, 3.05) is 38.3 Å². The van der Waals surface area contributed by atoms with Gasteiger partial charge in [0.05, 0.1) is 19.8 Å². The van der Waals surface area contributed by atoms with Gasteiger partial charge in [-0.2, -0.15) is 0 Å². The zero-order valence-electron chi connectivity index (χ0n) is 9.54. The first kappa shape index (κ1) is 12.9. The van der Waals surface area contributed by atoms with E-state index in [4.69, 9.17) is 9.47 Å². The van der Waals surface area contributed by atoms with E-state index < -0.39 is 0 Å². The maximum atomic E-state index is 12.6. The van der Waals surface area contributed by atoms with Gasteiger partial charge in [-0.3, -0.25) is 0 Å². The highest BCUT2D eigenvalue weighted by atomic mass is 19.1. The first-order valence-electron chi connectivity index (χ1n) is 5.48. The van der Waals surface area contributed by atoms with Crippen LogP contribution in [0.15, 0.2) is 24.3 Å². The van der Waals surface area contributed by atoms with E-state index in [9.17, 15) is 4.39 Å². The van der Waals surface area contributed by atoms with Crippen LogP contribution in [-0.4, -0.2) is 33.0 Å². The van der Waals surface area contributed by atoms with Crippen molar-refractivity contribution >= 4 is 5.69 Å². The van der Waals surface area contributed by atoms with Crippen molar-refractivity contribution in [3.8, 4) is 0 Å². The van der Waals surface area contributed by atoms with Gasteiger partial charge in [0.15, 0.2) is 0 Å². The summed E-state index contributed by atoms with van der Waals surface area (Å²) in [6.07, 6.45) is 0. The van der Waals surface area contributed by atoms with Crippen molar-refractivity contribution in [2.24, 2.45) is 0 Å². The molecule has 0 fully saturated rings. The first-order chi connectivity index (χ1) is 7.83. The van der Waals surface area contributed by atoms with Gasteiger partial charge < -0.3 is 14.8 Å². The van der Waals surface area contributed by atoms with E-state index in [0.717, 1.165) is 12.3 Å². The van der Waals surface area contributed by atoms with E-state index in [2.05, 4.69) is 5.32 Å². The number of hydrogen-bond donors (Lipinski definition) is 1. The molecule has 0 bridgehead atoms. The second-order valence-electron chi connectivity index (χ2n) is 3.24. The Labute approximate surface area is 95.6 Å². The molecule has 0 aliphatic heterocycles. The Morgan fingerprint density at radius 3 is 2.44 bits per heavy atom. The highest BCUT2D eigenvalue weighted by molar-refractivity contribution is 5.42. The summed E-state index contributed by atoms with van der Waals surface area (Å²) in [4.78, 5) is 0. The molecule has 0 atom stereocenters. The van der Waals surface area contributed by atoms with E-state index in [-0.39, 0.29) is 5.82 Å². The van der Waals surface area contributed by atoms with Gasteiger partial charge in [0, 0.05) is 18.8 Å². The number of ether oxygens (including phenoxy) is 2. The fourth-order valence-corrected chi connectivity index (χ4v) is 1.20. The number of halogens is 1. The van der Waals surface area contributed by atoms with Crippen LogP contribution in [0.3, 0.4) is 0 Å². The lowest BCUT2D eigenvalue weighted by Crippen LogP contribution is -2.12. The summed E-state index contributed by atoms with van der Waals surface area (Å²) >= 11 is 0. The number of nitrogens with one attached hydrogen (secondary N) is 1. The molecule has 0 radical (unpaired) electrons. The van der Waals surface area contributed by atoms with Crippen LogP contribution in [0.4, 0.5) is 10.1 Å². The van der Waals surface area contributed by atoms with Gasteiger partial charge in [-0.15, -0.1) is 0 Å². The summed E-state index contributed by atoms with van der Waals surface area (Å²) in [7, 11) is 0. The Morgan fingerprint density at radius 1 is 1.06 bits per heavy atom. The van der Waals surface area contributed by atoms with E-state index in [1.807, 2.05) is 6.92 Å². The van der Waals surface area contributed by atoms with Gasteiger partial charge in [0.1, 0.15) is 5.82 Å². The molecular weight excluding hydrogens is 209 g/mol. The minimum absolute atomic E-state index is 0.224. The van der Waals surface area contributed by atoms with Crippen molar-refractivity contribution < 1.29 is 13.9 Å². The molecule has 0 spiro atoms. The standard InChI is InChI=1S/C12H18FNO2/c1-2-15-9-10-16-8-7-14-12-5-3-11(13)4-6-12/h3-6,14H,2,7-10H2,1H3. The fraction of sp³-hybridized carbons (Fsp3) is 0.500. The quantitative estimate of drug-likeness (QED) is 0.691. The highest BCUT2D eigenvalue weighted by Crippen LogP contribution is 2.07. The highest BCUT2D eigenvalue weighted by Gasteiger charge is 1.93. The Bertz CT molecular complexity index is 277. The zero-order valence-corrected chi connectivity index (χ0v) is 9.54. The van der Waals surface area contributed by atoms with E-state index >= 15 is 0 Å². The molecule has 0 heterocycles. The molecule has 0 amide bonds. The molecule has 1 N–H and O–H groups in total. The van der Waals surface area contributed by atoms with Crippen molar-refractivity contribution in [1.82, 2.24) is 0 Å². The van der Waals surface area contributed by atoms with Crippen LogP contribution < -0.4 is 5.32 Å². The third kappa shape index (κ3) is 5.68. The minimum Gasteiger partial charge on any atom is -0.383 e. The van der Waals surface area contributed by atoms with Gasteiger partial charge in [0.25, 0.3) is 0 Å². The number of benzene rings is 1. The molecule has 0 aliphatic carbocycles. The molecule has 16 heavy (non-hydrogen) atoms. The van der Waals surface area contributed by atoms with Crippen LogP contribution in [0, 0.1) is 5.82 Å². The molecule has 1 aromatic carbocycles. The van der Waals surface area contributed by atoms with Crippen LogP contribution in [0.25, 0.3) is 0 Å². The van der Waals surface area contributed by atoms with Gasteiger partial charge in [-0.1, -0.05) is 0 Å². The van der Waals surface area contributed by atoms with Gasteiger partial charge in [-0.25, -0.2) is 4.39 Å². The zero-order chi connectivity index (χ0) is 11.6. The third-order valence-electron chi connectivity index (χ3n) is 2.00. The maximum absolute atomic E-state index is 12.6. The lowest BCUT2D eigenvalue weighted by molar-refractivity contribution is 0.0570. The lowest BCUT2D eigenvalue weighted by atomic mass is 10.3. The molecule has 0 aliphatic rings. The van der Waals surface area contributed by atoms with Gasteiger partial charge >= 0.3 is 0 Å². The summed E-state index contributed by atoms with van der Waals surface area (Å²) in [5.41, 5.74) is 0.898. The predicted molar refractivity (Wildman–Crippen MR) is 62.2 cm³/mol. The Kier molecular flexibility index (Phi) is 6.53. The predicted octanol–water partition coefficient (Wildman–Crippen LogP) is 2.29. The Hall–Kier alpha value is -1.13. The second kappa shape index (κ2) is 8.07. The topological polar surface area (TPSA) is 30.5 Å². The van der Waals surface area contributed by atoms with E-state index in [0.29, 0.717) is 26.4 Å². The third-order valence-corrected chi connectivity index (χ3v) is 2.00. The molecule has 0 unspecified atom stereocenters. The van der Waals surface area contributed by atoms with Crippen LogP contribution >= 0.6 is 0 Å². The summed E-state index contributed by atoms with van der Waals surface area (Å²) in [6.45, 7) is 5.24. The number of anilines is 1. The average molecular weight is 227 g/mol. The SMILES string of the molecule is CCOCCOCCNc1ccc(F)cc1. The molecule has 1 aromatic rings. The Morgan fingerprint density at radius 2 is 1.75 bits per heavy atom. The maximum Gasteiger partial charge on any atom is 0.123 e. The van der Waals surface area contributed by atoms with Crippen LogP contribution in [0.2, 0.25) is 0 Å². The molecule has 0 saturated carbocycles. The van der Waals surface area contributed by atoms with Crippen molar-refractivity contribution in [3.63, 3.8) is 0 Å². The van der Waals surface area contributed by atoms with Crippen molar-refractivity contribution in [3.05, 3.63) is 30.1 Å². The summed E-state index contributed by atoms with van der Waals surface area (Å²) in [5, 5.41) is 3.13. The number of rotatable bonds is 8. The Balaban J connectivity index is 2.01. The summed E-state index contributed by atoms with van der Waals surface area (Å²) in [5.74, 6) is -0.224. The molecule has 0 aromatic heterocycles. The number of hydrogen-bond acceptors (Lipinski definition) is 3.